The third-order valence-electron chi connectivity index (χ3n) is 3.87. The average Bonchev–Trinajstić information content (AvgIpc) is 2.34. The Labute approximate surface area is 110 Å². The van der Waals surface area contributed by atoms with Crippen LogP contribution in [0.1, 0.15) is 40.0 Å². The minimum Gasteiger partial charge on any atom is -0.355 e. The largest absolute Gasteiger partial charge is 0.355 e. The number of nitrogens with one attached hydrogen (secondary N) is 1. The molecule has 0 aromatic rings. The van der Waals surface area contributed by atoms with Crippen molar-refractivity contribution in [1.82, 2.24) is 10.2 Å². The van der Waals surface area contributed by atoms with Crippen LogP contribution in [0.15, 0.2) is 0 Å². The van der Waals surface area contributed by atoms with E-state index in [2.05, 4.69) is 37.1 Å². The first kappa shape index (κ1) is 15.0. The summed E-state index contributed by atoms with van der Waals surface area (Å²) in [6.07, 6.45) is 2.38. The van der Waals surface area contributed by atoms with Gasteiger partial charge in [0.25, 0.3) is 0 Å². The third kappa shape index (κ3) is 3.46. The normalized spacial score (nSPS) is 26.5. The number of hydrogen-bond acceptors (Lipinski definition) is 3. The van der Waals surface area contributed by atoms with Gasteiger partial charge in [0.15, 0.2) is 0 Å². The highest BCUT2D eigenvalue weighted by atomic mass is 16.2. The first-order valence-electron chi connectivity index (χ1n) is 7.00. The van der Waals surface area contributed by atoms with Gasteiger partial charge in [-0.25, -0.2) is 0 Å². The van der Waals surface area contributed by atoms with Crippen molar-refractivity contribution in [3.05, 3.63) is 0 Å². The van der Waals surface area contributed by atoms with Crippen molar-refractivity contribution in [2.75, 3.05) is 26.2 Å². The molecule has 4 heteroatoms. The molecule has 0 atom stereocenters. The maximum Gasteiger partial charge on any atom is 0.240 e. The number of nitriles is 1. The fourth-order valence-electron chi connectivity index (χ4n) is 2.67. The maximum atomic E-state index is 12.0. The van der Waals surface area contributed by atoms with Gasteiger partial charge in [0, 0.05) is 6.54 Å². The van der Waals surface area contributed by atoms with Crippen molar-refractivity contribution in [3.8, 4) is 6.07 Å². The van der Waals surface area contributed by atoms with Crippen LogP contribution < -0.4 is 5.32 Å². The highest BCUT2D eigenvalue weighted by Crippen LogP contribution is 2.44. The number of hydrogen-bond donors (Lipinski definition) is 1. The molecule has 102 valence electrons. The quantitative estimate of drug-likeness (QED) is 0.702. The Morgan fingerprint density at radius 2 is 2.06 bits per heavy atom. The van der Waals surface area contributed by atoms with Gasteiger partial charge in [0.2, 0.25) is 5.91 Å². The van der Waals surface area contributed by atoms with Gasteiger partial charge in [-0.15, -0.1) is 0 Å². The molecular weight excluding hydrogens is 226 g/mol. The van der Waals surface area contributed by atoms with E-state index in [-0.39, 0.29) is 5.91 Å². The highest BCUT2D eigenvalue weighted by Gasteiger charge is 2.48. The zero-order valence-electron chi connectivity index (χ0n) is 11.8. The minimum absolute atomic E-state index is 0.0670. The maximum absolute atomic E-state index is 12.0. The minimum atomic E-state index is -0.728. The van der Waals surface area contributed by atoms with Crippen LogP contribution in [0.2, 0.25) is 0 Å². The van der Waals surface area contributed by atoms with E-state index in [0.717, 1.165) is 26.1 Å². The number of amides is 1. The second kappa shape index (κ2) is 6.75. The Morgan fingerprint density at radius 3 is 2.50 bits per heavy atom. The molecule has 1 N–H and O–H groups in total. The van der Waals surface area contributed by atoms with Crippen LogP contribution in [0.5, 0.6) is 0 Å². The topological polar surface area (TPSA) is 56.1 Å². The van der Waals surface area contributed by atoms with Gasteiger partial charge in [-0.2, -0.15) is 5.26 Å². The van der Waals surface area contributed by atoms with Gasteiger partial charge >= 0.3 is 0 Å². The predicted octanol–water partition coefficient (Wildman–Crippen LogP) is 1.77. The van der Waals surface area contributed by atoms with Crippen LogP contribution in [0.3, 0.4) is 0 Å². The van der Waals surface area contributed by atoms with Crippen LogP contribution in [-0.2, 0) is 4.79 Å². The molecule has 0 bridgehead atoms. The standard InChI is InChI=1S/C14H25N3O/c1-4-17(5-2)8-6-7-16-13(18)14(11-15)9-12(3)10-14/h12H,4-10H2,1-3H3,(H,16,18). The predicted molar refractivity (Wildman–Crippen MR) is 71.9 cm³/mol. The van der Waals surface area contributed by atoms with E-state index in [9.17, 15) is 4.79 Å². The van der Waals surface area contributed by atoms with E-state index in [1.54, 1.807) is 0 Å². The van der Waals surface area contributed by atoms with Crippen molar-refractivity contribution >= 4 is 5.91 Å². The van der Waals surface area contributed by atoms with Crippen LogP contribution in [0.25, 0.3) is 0 Å². The second-order valence-electron chi connectivity index (χ2n) is 5.34. The Hall–Kier alpha value is -1.08. The number of nitrogens with zero attached hydrogens (tertiary/aromatic N) is 2. The summed E-state index contributed by atoms with van der Waals surface area (Å²) in [5.74, 6) is 0.439. The molecule has 0 aliphatic heterocycles. The van der Waals surface area contributed by atoms with Gasteiger partial charge in [0.05, 0.1) is 6.07 Å². The molecule has 0 unspecified atom stereocenters. The molecule has 0 aromatic heterocycles. The second-order valence-corrected chi connectivity index (χ2v) is 5.34. The zero-order valence-corrected chi connectivity index (χ0v) is 11.8. The lowest BCUT2D eigenvalue weighted by Gasteiger charge is -2.39. The molecule has 1 amide bonds. The first-order valence-corrected chi connectivity index (χ1v) is 7.00. The molecule has 0 spiro atoms. The van der Waals surface area contributed by atoms with Crippen LogP contribution >= 0.6 is 0 Å². The van der Waals surface area contributed by atoms with E-state index in [0.29, 0.717) is 25.3 Å². The van der Waals surface area contributed by atoms with Crippen LogP contribution in [0, 0.1) is 22.7 Å². The fraction of sp³-hybridized carbons (Fsp3) is 0.857. The molecule has 1 rings (SSSR count). The molecule has 1 fully saturated rings. The monoisotopic (exact) mass is 251 g/mol. The number of rotatable bonds is 7. The van der Waals surface area contributed by atoms with E-state index >= 15 is 0 Å². The molecule has 0 saturated heterocycles. The lowest BCUT2D eigenvalue weighted by Crippen LogP contribution is -2.48. The highest BCUT2D eigenvalue weighted by molar-refractivity contribution is 5.86. The van der Waals surface area contributed by atoms with E-state index in [1.165, 1.54) is 0 Å². The Kier molecular flexibility index (Phi) is 5.61. The molecule has 1 aliphatic carbocycles. The summed E-state index contributed by atoms with van der Waals surface area (Å²) < 4.78 is 0. The fourth-order valence-corrected chi connectivity index (χ4v) is 2.67. The summed E-state index contributed by atoms with van der Waals surface area (Å²) in [5, 5.41) is 12.0. The summed E-state index contributed by atoms with van der Waals surface area (Å²) in [6, 6.07) is 2.19. The summed E-state index contributed by atoms with van der Waals surface area (Å²) in [5.41, 5.74) is -0.728. The lowest BCUT2D eigenvalue weighted by atomic mass is 9.63. The molecule has 0 heterocycles. The van der Waals surface area contributed by atoms with Crippen molar-refractivity contribution in [1.29, 1.82) is 5.26 Å². The van der Waals surface area contributed by atoms with Gasteiger partial charge in [-0.1, -0.05) is 20.8 Å². The van der Waals surface area contributed by atoms with Crippen molar-refractivity contribution in [2.45, 2.75) is 40.0 Å². The van der Waals surface area contributed by atoms with Crippen LogP contribution in [-0.4, -0.2) is 37.0 Å². The van der Waals surface area contributed by atoms with E-state index in [1.807, 2.05) is 0 Å². The van der Waals surface area contributed by atoms with E-state index in [4.69, 9.17) is 5.26 Å². The smallest absolute Gasteiger partial charge is 0.240 e. The first-order chi connectivity index (χ1) is 8.57. The Morgan fingerprint density at radius 1 is 1.44 bits per heavy atom. The summed E-state index contributed by atoms with van der Waals surface area (Å²) >= 11 is 0. The zero-order chi connectivity index (χ0) is 13.6. The number of carbonyl (C=O) groups excluding carboxylic acids is 1. The molecule has 0 aromatic carbocycles. The molecular formula is C14H25N3O. The van der Waals surface area contributed by atoms with E-state index < -0.39 is 5.41 Å². The van der Waals surface area contributed by atoms with Gasteiger partial charge in [-0.3, -0.25) is 4.79 Å². The molecule has 18 heavy (non-hydrogen) atoms. The Bertz CT molecular complexity index is 311. The van der Waals surface area contributed by atoms with Gasteiger partial charge in [0.1, 0.15) is 5.41 Å². The summed E-state index contributed by atoms with van der Waals surface area (Å²) in [4.78, 5) is 14.3. The molecule has 1 saturated carbocycles. The Balaban J connectivity index is 2.24. The molecule has 4 nitrogen and oxygen atoms in total. The lowest BCUT2D eigenvalue weighted by molar-refractivity contribution is -0.133. The summed E-state index contributed by atoms with van der Waals surface area (Å²) in [6.45, 7) is 10.1. The summed E-state index contributed by atoms with van der Waals surface area (Å²) in [7, 11) is 0. The molecule has 0 radical (unpaired) electrons. The van der Waals surface area contributed by atoms with Gasteiger partial charge in [-0.05, 0) is 44.8 Å². The van der Waals surface area contributed by atoms with Crippen molar-refractivity contribution in [2.24, 2.45) is 11.3 Å². The van der Waals surface area contributed by atoms with Crippen LogP contribution in [0.4, 0.5) is 0 Å². The average molecular weight is 251 g/mol. The SMILES string of the molecule is CCN(CC)CCCNC(=O)C1(C#N)CC(C)C1. The van der Waals surface area contributed by atoms with Crippen molar-refractivity contribution in [3.63, 3.8) is 0 Å². The number of carbonyl (C=O) groups is 1. The van der Waals surface area contributed by atoms with Crippen molar-refractivity contribution < 1.29 is 4.79 Å². The third-order valence-corrected chi connectivity index (χ3v) is 3.87. The van der Waals surface area contributed by atoms with Gasteiger partial charge < -0.3 is 10.2 Å². The molecule has 1 aliphatic rings.